The first-order chi connectivity index (χ1) is 19.0. The van der Waals surface area contributed by atoms with Crippen molar-refractivity contribution in [3.63, 3.8) is 0 Å². The van der Waals surface area contributed by atoms with Crippen LogP contribution in [0.25, 0.3) is 0 Å². The van der Waals surface area contributed by atoms with Gasteiger partial charge in [0, 0.05) is 27.1 Å². The van der Waals surface area contributed by atoms with Crippen molar-refractivity contribution in [2.24, 2.45) is 5.73 Å². The number of benzene rings is 2. The summed E-state index contributed by atoms with van der Waals surface area (Å²) in [5.41, 5.74) is 7.66. The van der Waals surface area contributed by atoms with E-state index in [1.165, 1.54) is 24.0 Å². The quantitative estimate of drug-likeness (QED) is 0.235. The number of rotatable bonds is 15. The van der Waals surface area contributed by atoms with Gasteiger partial charge in [-0.3, -0.25) is 19.2 Å². The lowest BCUT2D eigenvalue weighted by Crippen LogP contribution is -2.54. The lowest BCUT2D eigenvalue weighted by atomic mass is 10.0. The third-order valence-electron chi connectivity index (χ3n) is 6.53. The van der Waals surface area contributed by atoms with Crippen LogP contribution in [-0.2, 0) is 32.0 Å². The lowest BCUT2D eigenvalue weighted by molar-refractivity contribution is -0.143. The Bertz CT molecular complexity index is 1120. The molecule has 0 aliphatic carbocycles. The smallest absolute Gasteiger partial charge is 0.245 e. The molecule has 0 unspecified atom stereocenters. The number of nitrogens with one attached hydrogen (secondary N) is 2. The highest BCUT2D eigenvalue weighted by molar-refractivity contribution is 7.98. The summed E-state index contributed by atoms with van der Waals surface area (Å²) in [6, 6.07) is 13.2. The Morgan fingerprint density at radius 2 is 1.57 bits per heavy atom. The van der Waals surface area contributed by atoms with Crippen molar-refractivity contribution in [1.29, 1.82) is 0 Å². The lowest BCUT2D eigenvalue weighted by Gasteiger charge is -2.31. The number of phenolic OH excluding ortho intramolecular Hbond substituents is 1. The molecule has 0 aromatic heterocycles. The topological polar surface area (TPSA) is 145 Å². The number of carbonyl (C=O) groups is 4. The largest absolute Gasteiger partial charge is 0.508 e. The maximum atomic E-state index is 13.3. The van der Waals surface area contributed by atoms with Crippen LogP contribution in [0.1, 0.15) is 24.5 Å². The summed E-state index contributed by atoms with van der Waals surface area (Å²) in [6.07, 6.45) is 3.43. The third-order valence-corrected chi connectivity index (χ3v) is 7.23. The predicted octanol–water partition coefficient (Wildman–Crippen LogP) is 1.16. The maximum Gasteiger partial charge on any atom is 0.245 e. The molecule has 4 amide bonds. The van der Waals surface area contributed by atoms with E-state index < -0.39 is 35.8 Å². The molecular formula is C29H41N5O5S. The summed E-state index contributed by atoms with van der Waals surface area (Å²) in [5.74, 6) is -0.624. The number of hydrogen-bond donors (Lipinski definition) is 4. The molecule has 0 saturated carbocycles. The molecule has 2 aromatic carbocycles. The summed E-state index contributed by atoms with van der Waals surface area (Å²) >= 11 is 1.71. The molecule has 5 N–H and O–H groups in total. The molecule has 0 spiro atoms. The summed E-state index contributed by atoms with van der Waals surface area (Å²) in [5, 5.41) is 14.5. The second kappa shape index (κ2) is 16.5. The highest BCUT2D eigenvalue weighted by Gasteiger charge is 2.30. The van der Waals surface area contributed by atoms with Crippen LogP contribution < -0.4 is 16.4 Å². The second-order valence-corrected chi connectivity index (χ2v) is 10.7. The van der Waals surface area contributed by atoms with Crippen molar-refractivity contribution < 1.29 is 24.3 Å². The maximum absolute atomic E-state index is 13.3. The van der Waals surface area contributed by atoms with Gasteiger partial charge in [-0.2, -0.15) is 11.8 Å². The van der Waals surface area contributed by atoms with E-state index in [-0.39, 0.29) is 24.6 Å². The Morgan fingerprint density at radius 3 is 2.20 bits per heavy atom. The first kappa shape index (κ1) is 32.6. The molecule has 3 atom stereocenters. The van der Waals surface area contributed by atoms with Gasteiger partial charge in [-0.05, 0) is 55.0 Å². The van der Waals surface area contributed by atoms with Crippen LogP contribution in [0, 0.1) is 0 Å². The van der Waals surface area contributed by atoms with E-state index in [0.717, 1.165) is 23.3 Å². The number of likely N-dealkylation sites (N-methyl/N-ethyl adjacent to an activating group) is 2. The van der Waals surface area contributed by atoms with Crippen molar-refractivity contribution in [2.75, 3.05) is 39.2 Å². The van der Waals surface area contributed by atoms with Crippen molar-refractivity contribution in [1.82, 2.24) is 20.4 Å². The Balaban J connectivity index is 1.95. The van der Waals surface area contributed by atoms with Gasteiger partial charge in [-0.25, -0.2) is 0 Å². The minimum absolute atomic E-state index is 0.112. The fraction of sp³-hybridized carbons (Fsp3) is 0.448. The van der Waals surface area contributed by atoms with E-state index in [2.05, 4.69) is 10.6 Å². The highest BCUT2D eigenvalue weighted by Crippen LogP contribution is 2.13. The van der Waals surface area contributed by atoms with Gasteiger partial charge in [-0.1, -0.05) is 42.5 Å². The number of hydrogen-bond acceptors (Lipinski definition) is 7. The van der Waals surface area contributed by atoms with Crippen LogP contribution in [0.5, 0.6) is 5.75 Å². The van der Waals surface area contributed by atoms with Crippen molar-refractivity contribution in [3.8, 4) is 5.75 Å². The Kier molecular flexibility index (Phi) is 13.5. The molecule has 40 heavy (non-hydrogen) atoms. The zero-order chi connectivity index (χ0) is 29.7. The molecule has 0 aliphatic heterocycles. The standard InChI is InChI=1S/C29H41N5O5S/c1-20(32-28(38)24(30)17-22-11-13-23(35)14-12-22)27(37)31-19-26(36)34(3)25(18-21-9-6-5-7-10-21)29(39)33(2)15-8-16-40-4/h5-7,9-14,20,24-25,35H,8,15-19,30H2,1-4H3,(H,31,37)(H,32,38)/t20-,24+,25+/m1/s1. The summed E-state index contributed by atoms with van der Waals surface area (Å²) < 4.78 is 0. The zero-order valence-electron chi connectivity index (χ0n) is 23.6. The molecule has 0 heterocycles. The van der Waals surface area contributed by atoms with E-state index in [9.17, 15) is 24.3 Å². The summed E-state index contributed by atoms with van der Waals surface area (Å²) in [6.45, 7) is 1.75. The van der Waals surface area contributed by atoms with E-state index in [1.807, 2.05) is 36.6 Å². The SMILES string of the molecule is CSCCCN(C)C(=O)[C@H](Cc1ccccc1)N(C)C(=O)CNC(=O)[C@@H](C)NC(=O)[C@@H](N)Cc1ccc(O)cc1. The third kappa shape index (κ3) is 10.5. The fourth-order valence-electron chi connectivity index (χ4n) is 4.02. The molecule has 0 radical (unpaired) electrons. The van der Waals surface area contributed by atoms with Crippen LogP contribution in [0.2, 0.25) is 0 Å². The van der Waals surface area contributed by atoms with Crippen molar-refractivity contribution in [3.05, 3.63) is 65.7 Å². The molecular weight excluding hydrogens is 530 g/mol. The number of thioether (sulfide) groups is 1. The molecule has 218 valence electrons. The van der Waals surface area contributed by atoms with E-state index in [1.54, 1.807) is 42.9 Å². The van der Waals surface area contributed by atoms with Gasteiger partial charge >= 0.3 is 0 Å². The van der Waals surface area contributed by atoms with Crippen molar-refractivity contribution in [2.45, 2.75) is 44.3 Å². The molecule has 0 saturated heterocycles. The molecule has 2 aromatic rings. The van der Waals surface area contributed by atoms with E-state index in [0.29, 0.717) is 13.0 Å². The Labute approximate surface area is 240 Å². The monoisotopic (exact) mass is 571 g/mol. The average Bonchev–Trinajstić information content (AvgIpc) is 2.95. The van der Waals surface area contributed by atoms with E-state index in [4.69, 9.17) is 5.73 Å². The van der Waals surface area contributed by atoms with Crippen LogP contribution >= 0.6 is 11.8 Å². The van der Waals surface area contributed by atoms with Gasteiger partial charge in [0.2, 0.25) is 23.6 Å². The van der Waals surface area contributed by atoms with Crippen LogP contribution in [-0.4, -0.2) is 95.9 Å². The van der Waals surface area contributed by atoms with Gasteiger partial charge in [0.05, 0.1) is 12.6 Å². The van der Waals surface area contributed by atoms with Crippen LogP contribution in [0.3, 0.4) is 0 Å². The normalized spacial score (nSPS) is 13.0. The number of aromatic hydroxyl groups is 1. The second-order valence-electron chi connectivity index (χ2n) is 9.74. The zero-order valence-corrected chi connectivity index (χ0v) is 24.4. The van der Waals surface area contributed by atoms with Gasteiger partial charge in [-0.15, -0.1) is 0 Å². The highest BCUT2D eigenvalue weighted by atomic mass is 32.2. The summed E-state index contributed by atoms with van der Waals surface area (Å²) in [4.78, 5) is 54.5. The molecule has 10 nitrogen and oxygen atoms in total. The van der Waals surface area contributed by atoms with Crippen LogP contribution in [0.4, 0.5) is 0 Å². The van der Waals surface area contributed by atoms with Gasteiger partial charge < -0.3 is 31.3 Å². The van der Waals surface area contributed by atoms with Crippen LogP contribution in [0.15, 0.2) is 54.6 Å². The molecule has 11 heteroatoms. The average molecular weight is 572 g/mol. The molecule has 0 bridgehead atoms. The van der Waals surface area contributed by atoms with Crippen molar-refractivity contribution >= 4 is 35.4 Å². The number of nitrogens with two attached hydrogens (primary N) is 1. The fourth-order valence-corrected chi connectivity index (χ4v) is 4.43. The van der Waals surface area contributed by atoms with Gasteiger partial charge in [0.25, 0.3) is 0 Å². The molecule has 2 rings (SSSR count). The first-order valence-corrected chi connectivity index (χ1v) is 14.6. The molecule has 0 fully saturated rings. The number of phenols is 1. The minimum atomic E-state index is -0.930. The van der Waals surface area contributed by atoms with E-state index >= 15 is 0 Å². The Hall–Kier alpha value is -3.57. The first-order valence-electron chi connectivity index (χ1n) is 13.2. The number of amides is 4. The molecule has 0 aliphatic rings. The predicted molar refractivity (Wildman–Crippen MR) is 158 cm³/mol. The van der Waals surface area contributed by atoms with Gasteiger partial charge in [0.1, 0.15) is 17.8 Å². The van der Waals surface area contributed by atoms with Gasteiger partial charge in [0.15, 0.2) is 0 Å². The summed E-state index contributed by atoms with van der Waals surface area (Å²) in [7, 11) is 3.29. The minimum Gasteiger partial charge on any atom is -0.508 e. The number of nitrogens with zero attached hydrogens (tertiary/aromatic N) is 2. The Morgan fingerprint density at radius 1 is 0.950 bits per heavy atom. The number of carbonyl (C=O) groups excluding carboxylic acids is 4.